The zero-order valence-corrected chi connectivity index (χ0v) is 12.2. The highest BCUT2D eigenvalue weighted by Gasteiger charge is 2.23. The Kier molecular flexibility index (Phi) is 5.16. The van der Waals surface area contributed by atoms with Crippen LogP contribution in [0.5, 0.6) is 5.88 Å². The Morgan fingerprint density at radius 3 is 3.11 bits per heavy atom. The molecule has 1 aliphatic rings. The van der Waals surface area contributed by atoms with Crippen LogP contribution >= 0.6 is 0 Å². The van der Waals surface area contributed by atoms with Crippen LogP contribution in [-0.4, -0.2) is 42.7 Å². The first kappa shape index (κ1) is 14.3. The maximum Gasteiger partial charge on any atom is 0.217 e. The smallest absolute Gasteiger partial charge is 0.217 e. The molecule has 0 aliphatic carbocycles. The van der Waals surface area contributed by atoms with Gasteiger partial charge in [0.05, 0.1) is 7.11 Å². The third-order valence-electron chi connectivity index (χ3n) is 3.63. The van der Waals surface area contributed by atoms with Gasteiger partial charge in [-0.15, -0.1) is 0 Å². The predicted molar refractivity (Wildman–Crippen MR) is 77.3 cm³/mol. The molecule has 106 valence electrons. The highest BCUT2D eigenvalue weighted by molar-refractivity contribution is 5.25. The van der Waals surface area contributed by atoms with Crippen molar-refractivity contribution in [2.45, 2.75) is 32.9 Å². The molecule has 0 saturated carbocycles. The van der Waals surface area contributed by atoms with Gasteiger partial charge in [0.25, 0.3) is 0 Å². The van der Waals surface area contributed by atoms with E-state index in [1.807, 2.05) is 6.07 Å². The van der Waals surface area contributed by atoms with Crippen LogP contribution in [0.2, 0.25) is 0 Å². The van der Waals surface area contributed by atoms with Gasteiger partial charge >= 0.3 is 0 Å². The second-order valence-electron chi connectivity index (χ2n) is 5.63. The molecule has 4 heteroatoms. The normalized spacial score (nSPS) is 20.7. The van der Waals surface area contributed by atoms with Gasteiger partial charge in [-0.25, -0.2) is 4.98 Å². The van der Waals surface area contributed by atoms with Gasteiger partial charge in [-0.2, -0.15) is 0 Å². The topological polar surface area (TPSA) is 37.4 Å². The molecule has 2 rings (SSSR count). The Labute approximate surface area is 116 Å². The second kappa shape index (κ2) is 6.87. The zero-order valence-electron chi connectivity index (χ0n) is 12.2. The minimum absolute atomic E-state index is 0.610. The van der Waals surface area contributed by atoms with Crippen LogP contribution in [0, 0.1) is 5.92 Å². The molecule has 1 aromatic rings. The van der Waals surface area contributed by atoms with Crippen LogP contribution in [0.25, 0.3) is 0 Å². The summed E-state index contributed by atoms with van der Waals surface area (Å²) in [4.78, 5) is 6.84. The quantitative estimate of drug-likeness (QED) is 0.880. The van der Waals surface area contributed by atoms with Crippen molar-refractivity contribution in [2.75, 3.05) is 26.7 Å². The van der Waals surface area contributed by atoms with Crippen molar-refractivity contribution in [3.63, 3.8) is 0 Å². The minimum Gasteiger partial charge on any atom is -0.481 e. The SMILES string of the molecule is COc1ncccc1CN1CCNCC1CC(C)C. The van der Waals surface area contributed by atoms with Gasteiger partial charge in [-0.05, 0) is 18.4 Å². The van der Waals surface area contributed by atoms with Crippen molar-refractivity contribution in [1.29, 1.82) is 0 Å². The van der Waals surface area contributed by atoms with Gasteiger partial charge < -0.3 is 10.1 Å². The van der Waals surface area contributed by atoms with E-state index in [0.717, 1.165) is 38.0 Å². The van der Waals surface area contributed by atoms with Crippen LogP contribution in [0.15, 0.2) is 18.3 Å². The number of pyridine rings is 1. The largest absolute Gasteiger partial charge is 0.481 e. The molecule has 1 unspecified atom stereocenters. The molecule has 1 fully saturated rings. The van der Waals surface area contributed by atoms with Gasteiger partial charge in [-0.1, -0.05) is 19.9 Å². The number of methoxy groups -OCH3 is 1. The van der Waals surface area contributed by atoms with Crippen LogP contribution in [0.4, 0.5) is 0 Å². The van der Waals surface area contributed by atoms with E-state index < -0.39 is 0 Å². The van der Waals surface area contributed by atoms with Crippen molar-refractivity contribution in [1.82, 2.24) is 15.2 Å². The monoisotopic (exact) mass is 263 g/mol. The first-order valence-electron chi connectivity index (χ1n) is 7.13. The lowest BCUT2D eigenvalue weighted by Gasteiger charge is -2.37. The highest BCUT2D eigenvalue weighted by Crippen LogP contribution is 2.20. The molecule has 1 N–H and O–H groups in total. The van der Waals surface area contributed by atoms with Crippen molar-refractivity contribution in [3.8, 4) is 5.88 Å². The maximum absolute atomic E-state index is 5.35. The number of hydrogen-bond acceptors (Lipinski definition) is 4. The molecule has 19 heavy (non-hydrogen) atoms. The molecule has 0 amide bonds. The Hall–Kier alpha value is -1.13. The van der Waals surface area contributed by atoms with Gasteiger partial charge in [0.1, 0.15) is 0 Å². The Balaban J connectivity index is 2.06. The molecular weight excluding hydrogens is 238 g/mol. The number of ether oxygens (including phenoxy) is 1. The summed E-state index contributed by atoms with van der Waals surface area (Å²) in [5.74, 6) is 1.48. The van der Waals surface area contributed by atoms with E-state index >= 15 is 0 Å². The molecular formula is C15H25N3O. The number of nitrogens with one attached hydrogen (secondary N) is 1. The summed E-state index contributed by atoms with van der Waals surface area (Å²) in [5, 5.41) is 3.50. The molecule has 4 nitrogen and oxygen atoms in total. The molecule has 0 radical (unpaired) electrons. The summed E-state index contributed by atoms with van der Waals surface area (Å²) < 4.78 is 5.35. The van der Waals surface area contributed by atoms with Crippen LogP contribution in [-0.2, 0) is 6.54 Å². The number of piperazine rings is 1. The summed E-state index contributed by atoms with van der Waals surface area (Å²) >= 11 is 0. The fourth-order valence-electron chi connectivity index (χ4n) is 2.73. The fourth-order valence-corrected chi connectivity index (χ4v) is 2.73. The molecule has 1 aliphatic heterocycles. The third-order valence-corrected chi connectivity index (χ3v) is 3.63. The fraction of sp³-hybridized carbons (Fsp3) is 0.667. The van der Waals surface area contributed by atoms with E-state index in [-0.39, 0.29) is 0 Å². The predicted octanol–water partition coefficient (Wildman–Crippen LogP) is 1.91. The summed E-state index contributed by atoms with van der Waals surface area (Å²) in [6.07, 6.45) is 3.02. The second-order valence-corrected chi connectivity index (χ2v) is 5.63. The Morgan fingerprint density at radius 1 is 1.53 bits per heavy atom. The maximum atomic E-state index is 5.35. The average molecular weight is 263 g/mol. The molecule has 1 saturated heterocycles. The molecule has 1 aromatic heterocycles. The van der Waals surface area contributed by atoms with Gasteiger partial charge in [0.2, 0.25) is 5.88 Å². The first-order valence-corrected chi connectivity index (χ1v) is 7.13. The van der Waals surface area contributed by atoms with Gasteiger partial charge in [-0.3, -0.25) is 4.90 Å². The van der Waals surface area contributed by atoms with Crippen molar-refractivity contribution >= 4 is 0 Å². The lowest BCUT2D eigenvalue weighted by atomic mass is 10.0. The van der Waals surface area contributed by atoms with E-state index in [9.17, 15) is 0 Å². The van der Waals surface area contributed by atoms with Crippen LogP contribution in [0.1, 0.15) is 25.8 Å². The van der Waals surface area contributed by atoms with Crippen molar-refractivity contribution in [2.24, 2.45) is 5.92 Å². The Bertz CT molecular complexity index is 395. The molecule has 0 bridgehead atoms. The van der Waals surface area contributed by atoms with Crippen LogP contribution < -0.4 is 10.1 Å². The van der Waals surface area contributed by atoms with Gasteiger partial charge in [0.15, 0.2) is 0 Å². The summed E-state index contributed by atoms with van der Waals surface area (Å²) in [5.41, 5.74) is 1.18. The van der Waals surface area contributed by atoms with E-state index in [0.29, 0.717) is 6.04 Å². The first-order chi connectivity index (χ1) is 9.20. The summed E-state index contributed by atoms with van der Waals surface area (Å²) in [6, 6.07) is 4.70. The molecule has 2 heterocycles. The van der Waals surface area contributed by atoms with Crippen molar-refractivity contribution in [3.05, 3.63) is 23.9 Å². The lowest BCUT2D eigenvalue weighted by molar-refractivity contribution is 0.132. The zero-order chi connectivity index (χ0) is 13.7. The van der Waals surface area contributed by atoms with E-state index in [2.05, 4.69) is 35.1 Å². The molecule has 0 aromatic carbocycles. The lowest BCUT2D eigenvalue weighted by Crippen LogP contribution is -2.51. The number of hydrogen-bond donors (Lipinski definition) is 1. The van der Waals surface area contributed by atoms with E-state index in [1.54, 1.807) is 13.3 Å². The Morgan fingerprint density at radius 2 is 2.37 bits per heavy atom. The van der Waals surface area contributed by atoms with Gasteiger partial charge in [0, 0.05) is 44.0 Å². The van der Waals surface area contributed by atoms with E-state index in [1.165, 1.54) is 12.0 Å². The summed E-state index contributed by atoms with van der Waals surface area (Å²) in [6.45, 7) is 8.75. The number of aromatic nitrogens is 1. The van der Waals surface area contributed by atoms with E-state index in [4.69, 9.17) is 4.74 Å². The van der Waals surface area contributed by atoms with Crippen LogP contribution in [0.3, 0.4) is 0 Å². The number of nitrogens with zero attached hydrogens (tertiary/aromatic N) is 2. The summed E-state index contributed by atoms with van der Waals surface area (Å²) in [7, 11) is 1.69. The standard InChI is InChI=1S/C15H25N3O/c1-12(2)9-14-10-16-7-8-18(14)11-13-5-4-6-17-15(13)19-3/h4-6,12,14,16H,7-11H2,1-3H3. The average Bonchev–Trinajstić information content (AvgIpc) is 2.41. The highest BCUT2D eigenvalue weighted by atomic mass is 16.5. The third kappa shape index (κ3) is 3.91. The molecule has 0 spiro atoms. The van der Waals surface area contributed by atoms with Crippen molar-refractivity contribution < 1.29 is 4.74 Å². The number of rotatable bonds is 5. The minimum atomic E-state index is 0.610. The molecule has 1 atom stereocenters.